The SMILES string of the molecule is NC(=S)c1c(F)cccc1NC(=O)C1CC2CC2C1. The van der Waals surface area contributed by atoms with Gasteiger partial charge in [0.1, 0.15) is 10.8 Å². The van der Waals surface area contributed by atoms with Gasteiger partial charge in [-0.15, -0.1) is 0 Å². The number of rotatable bonds is 3. The largest absolute Gasteiger partial charge is 0.389 e. The predicted octanol–water partition coefficient (Wildman–Crippen LogP) is 2.44. The fourth-order valence-corrected chi connectivity index (χ4v) is 3.25. The van der Waals surface area contributed by atoms with E-state index in [0.29, 0.717) is 5.69 Å². The number of carbonyl (C=O) groups is 1. The molecule has 1 aromatic rings. The first-order valence-corrected chi connectivity index (χ1v) is 6.86. The molecular formula is C14H15FN2OS. The zero-order valence-corrected chi connectivity index (χ0v) is 11.2. The lowest BCUT2D eigenvalue weighted by Crippen LogP contribution is -2.24. The Labute approximate surface area is 116 Å². The van der Waals surface area contributed by atoms with Crippen molar-refractivity contribution >= 4 is 28.8 Å². The average Bonchev–Trinajstić information content (AvgIpc) is 2.95. The van der Waals surface area contributed by atoms with E-state index in [2.05, 4.69) is 5.32 Å². The van der Waals surface area contributed by atoms with Gasteiger partial charge in [0.15, 0.2) is 0 Å². The standard InChI is InChI=1S/C14H15FN2OS/c15-10-2-1-3-11(12(10)13(16)19)17-14(18)9-5-7-4-8(7)6-9/h1-3,7-9H,4-6H2,(H2,16,19)(H,17,18). The molecule has 0 saturated heterocycles. The quantitative estimate of drug-likeness (QED) is 0.835. The van der Waals surface area contributed by atoms with Crippen LogP contribution in [0.25, 0.3) is 0 Å². The van der Waals surface area contributed by atoms with Crippen molar-refractivity contribution in [3.8, 4) is 0 Å². The Balaban J connectivity index is 1.77. The van der Waals surface area contributed by atoms with E-state index in [-0.39, 0.29) is 22.4 Å². The first kappa shape index (κ1) is 12.5. The van der Waals surface area contributed by atoms with Crippen LogP contribution in [0.1, 0.15) is 24.8 Å². The summed E-state index contributed by atoms with van der Waals surface area (Å²) in [6.07, 6.45) is 3.17. The molecule has 3 rings (SSSR count). The Hall–Kier alpha value is -1.49. The maximum absolute atomic E-state index is 13.7. The Morgan fingerprint density at radius 3 is 2.63 bits per heavy atom. The fourth-order valence-electron chi connectivity index (χ4n) is 3.04. The third kappa shape index (κ3) is 2.34. The van der Waals surface area contributed by atoms with E-state index in [0.717, 1.165) is 24.7 Å². The first-order valence-electron chi connectivity index (χ1n) is 6.45. The molecule has 2 atom stereocenters. The summed E-state index contributed by atoms with van der Waals surface area (Å²) in [6.45, 7) is 0. The molecule has 0 heterocycles. The molecule has 1 amide bonds. The van der Waals surface area contributed by atoms with E-state index in [1.54, 1.807) is 12.1 Å². The predicted molar refractivity (Wildman–Crippen MR) is 75.2 cm³/mol. The minimum Gasteiger partial charge on any atom is -0.389 e. The van der Waals surface area contributed by atoms with E-state index in [1.807, 2.05) is 0 Å². The second-order valence-electron chi connectivity index (χ2n) is 5.44. The van der Waals surface area contributed by atoms with Crippen molar-refractivity contribution in [1.29, 1.82) is 0 Å². The normalized spacial score (nSPS) is 27.7. The van der Waals surface area contributed by atoms with Gasteiger partial charge in [0, 0.05) is 5.92 Å². The number of hydrogen-bond acceptors (Lipinski definition) is 2. The molecule has 2 unspecified atom stereocenters. The molecule has 1 aromatic carbocycles. The van der Waals surface area contributed by atoms with Crippen LogP contribution in [0.4, 0.5) is 10.1 Å². The Bertz CT molecular complexity index is 550. The van der Waals surface area contributed by atoms with Gasteiger partial charge in [-0.3, -0.25) is 4.79 Å². The molecule has 100 valence electrons. The Kier molecular flexibility index (Phi) is 3.01. The fraction of sp³-hybridized carbons (Fsp3) is 0.429. The van der Waals surface area contributed by atoms with Gasteiger partial charge >= 0.3 is 0 Å². The van der Waals surface area contributed by atoms with E-state index in [9.17, 15) is 9.18 Å². The van der Waals surface area contributed by atoms with Gasteiger partial charge in [-0.1, -0.05) is 18.3 Å². The topological polar surface area (TPSA) is 55.1 Å². The number of amides is 1. The van der Waals surface area contributed by atoms with E-state index in [4.69, 9.17) is 18.0 Å². The van der Waals surface area contributed by atoms with Crippen molar-refractivity contribution in [2.24, 2.45) is 23.5 Å². The van der Waals surface area contributed by atoms with Crippen LogP contribution < -0.4 is 11.1 Å². The summed E-state index contributed by atoms with van der Waals surface area (Å²) < 4.78 is 13.7. The lowest BCUT2D eigenvalue weighted by molar-refractivity contribution is -0.120. The molecular weight excluding hydrogens is 263 g/mol. The van der Waals surface area contributed by atoms with Crippen molar-refractivity contribution in [3.63, 3.8) is 0 Å². The lowest BCUT2D eigenvalue weighted by atomic mass is 10.0. The number of thiocarbonyl (C=S) groups is 1. The second kappa shape index (κ2) is 4.56. The van der Waals surface area contributed by atoms with Crippen molar-refractivity contribution in [2.45, 2.75) is 19.3 Å². The number of anilines is 1. The van der Waals surface area contributed by atoms with E-state index < -0.39 is 5.82 Å². The summed E-state index contributed by atoms with van der Waals surface area (Å²) in [4.78, 5) is 12.1. The van der Waals surface area contributed by atoms with Crippen LogP contribution in [0, 0.1) is 23.6 Å². The van der Waals surface area contributed by atoms with Crippen molar-refractivity contribution in [2.75, 3.05) is 5.32 Å². The van der Waals surface area contributed by atoms with Crippen LogP contribution in [0.5, 0.6) is 0 Å². The number of hydrogen-bond donors (Lipinski definition) is 2. The highest BCUT2D eigenvalue weighted by Crippen LogP contribution is 2.54. The highest BCUT2D eigenvalue weighted by atomic mass is 32.1. The maximum atomic E-state index is 13.7. The molecule has 2 aliphatic rings. The van der Waals surface area contributed by atoms with E-state index >= 15 is 0 Å². The van der Waals surface area contributed by atoms with Crippen LogP contribution in [-0.2, 0) is 4.79 Å². The van der Waals surface area contributed by atoms with Gasteiger partial charge < -0.3 is 11.1 Å². The molecule has 0 aliphatic heterocycles. The molecule has 0 bridgehead atoms. The van der Waals surface area contributed by atoms with Crippen LogP contribution in [0.15, 0.2) is 18.2 Å². The molecule has 2 aliphatic carbocycles. The molecule has 2 saturated carbocycles. The summed E-state index contributed by atoms with van der Waals surface area (Å²) in [6, 6.07) is 4.46. The monoisotopic (exact) mass is 278 g/mol. The van der Waals surface area contributed by atoms with E-state index in [1.165, 1.54) is 12.5 Å². The summed E-state index contributed by atoms with van der Waals surface area (Å²) in [5, 5.41) is 2.77. The van der Waals surface area contributed by atoms with Gasteiger partial charge in [-0.25, -0.2) is 4.39 Å². The summed E-state index contributed by atoms with van der Waals surface area (Å²) in [7, 11) is 0. The minimum atomic E-state index is -0.500. The first-order chi connectivity index (χ1) is 9.06. The Morgan fingerprint density at radius 1 is 1.32 bits per heavy atom. The molecule has 2 fully saturated rings. The smallest absolute Gasteiger partial charge is 0.227 e. The van der Waals surface area contributed by atoms with Crippen LogP contribution >= 0.6 is 12.2 Å². The van der Waals surface area contributed by atoms with Gasteiger partial charge in [-0.05, 0) is 43.2 Å². The second-order valence-corrected chi connectivity index (χ2v) is 5.88. The van der Waals surface area contributed by atoms with Gasteiger partial charge in [-0.2, -0.15) is 0 Å². The van der Waals surface area contributed by atoms with Crippen LogP contribution in [-0.4, -0.2) is 10.9 Å². The summed E-state index contributed by atoms with van der Waals surface area (Å²) >= 11 is 4.84. The van der Waals surface area contributed by atoms with Crippen molar-refractivity contribution in [3.05, 3.63) is 29.6 Å². The lowest BCUT2D eigenvalue weighted by Gasteiger charge is -2.15. The summed E-state index contributed by atoms with van der Waals surface area (Å²) in [5.74, 6) is 0.970. The zero-order chi connectivity index (χ0) is 13.6. The highest BCUT2D eigenvalue weighted by Gasteiger charge is 2.48. The van der Waals surface area contributed by atoms with Crippen molar-refractivity contribution in [1.82, 2.24) is 0 Å². The number of carbonyl (C=O) groups excluding carboxylic acids is 1. The number of benzene rings is 1. The number of fused-ring (bicyclic) bond motifs is 1. The molecule has 0 radical (unpaired) electrons. The summed E-state index contributed by atoms with van der Waals surface area (Å²) in [5.41, 5.74) is 6.01. The maximum Gasteiger partial charge on any atom is 0.227 e. The molecule has 0 spiro atoms. The molecule has 3 N–H and O–H groups in total. The van der Waals surface area contributed by atoms with Crippen LogP contribution in [0.2, 0.25) is 0 Å². The minimum absolute atomic E-state index is 0.0392. The Morgan fingerprint density at radius 2 is 2.00 bits per heavy atom. The third-order valence-electron chi connectivity index (χ3n) is 4.13. The number of nitrogens with one attached hydrogen (secondary N) is 1. The van der Waals surface area contributed by atoms with Gasteiger partial charge in [0.25, 0.3) is 0 Å². The van der Waals surface area contributed by atoms with Gasteiger partial charge in [0.05, 0.1) is 11.3 Å². The molecule has 5 heteroatoms. The van der Waals surface area contributed by atoms with Crippen LogP contribution in [0.3, 0.4) is 0 Å². The number of nitrogens with two attached hydrogens (primary N) is 1. The molecule has 19 heavy (non-hydrogen) atoms. The zero-order valence-electron chi connectivity index (χ0n) is 10.4. The van der Waals surface area contributed by atoms with Gasteiger partial charge in [0.2, 0.25) is 5.91 Å². The third-order valence-corrected chi connectivity index (χ3v) is 4.34. The highest BCUT2D eigenvalue weighted by molar-refractivity contribution is 7.80. The van der Waals surface area contributed by atoms with Crippen molar-refractivity contribution < 1.29 is 9.18 Å². The number of halogens is 1. The molecule has 3 nitrogen and oxygen atoms in total. The average molecular weight is 278 g/mol. The molecule has 0 aromatic heterocycles.